The number of hydrogen-bond donors (Lipinski definition) is 6. The number of ether oxygens (including phenoxy) is 2. The molecule has 338 valence electrons. The Hall–Kier alpha value is -1.16. The average Bonchev–Trinajstić information content (AvgIpc) is 3.18. The van der Waals surface area contributed by atoms with E-state index in [1.807, 2.05) is 6.08 Å². The second kappa shape index (κ2) is 35.6. The molecule has 0 aromatic rings. The third-order valence-electron chi connectivity index (χ3n) is 11.1. The summed E-state index contributed by atoms with van der Waals surface area (Å²) in [6.45, 7) is 3.39. The average molecular weight is 836 g/mol. The minimum Gasteiger partial charge on any atom is -0.394 e. The number of carbonyl (C=O) groups is 1. The fourth-order valence-electron chi connectivity index (χ4n) is 7.45. The van der Waals surface area contributed by atoms with Crippen LogP contribution in [0.4, 0.5) is 0 Å². The van der Waals surface area contributed by atoms with Crippen LogP contribution in [0, 0.1) is 0 Å². The largest absolute Gasteiger partial charge is 0.397 e. The maximum Gasteiger partial charge on any atom is 0.397 e. The van der Waals surface area contributed by atoms with Crippen LogP contribution in [-0.4, -0.2) is 95.4 Å². The Labute approximate surface area is 347 Å². The second-order valence-corrected chi connectivity index (χ2v) is 17.4. The first-order chi connectivity index (χ1) is 27.5. The minimum absolute atomic E-state index is 0.261. The molecule has 7 atom stereocenters. The first-order valence-corrected chi connectivity index (χ1v) is 24.4. The molecule has 0 spiro atoms. The molecule has 1 saturated heterocycles. The number of aliphatic hydroxyl groups is 4. The molecule has 1 heterocycles. The summed E-state index contributed by atoms with van der Waals surface area (Å²) in [5, 5.41) is 44.7. The molecule has 57 heavy (non-hydrogen) atoms. The molecule has 0 aromatic carbocycles. The highest BCUT2D eigenvalue weighted by Gasteiger charge is 2.48. The standard InChI is InChI=1S/C44H85NO11S/c1-3-5-7-9-11-13-15-17-19-21-23-25-27-29-31-33-38(47)37(36-54-44-42(50)43(56-57(51,52)53)41(49)39(35-46)55-44)45-40(48)34-32-30-28-26-24-22-20-18-16-14-12-10-8-6-4-2/h31,33,37-39,41-44,46-47,49-50H,3-30,32,34-36H2,1-2H3,(H,45,48)(H,51,52,53)/b33-31+. The van der Waals surface area contributed by atoms with Crippen LogP contribution >= 0.6 is 0 Å². The fourth-order valence-corrected chi connectivity index (χ4v) is 7.96. The quantitative estimate of drug-likeness (QED) is 0.0197. The van der Waals surface area contributed by atoms with E-state index < -0.39 is 59.9 Å². The molecule has 0 aromatic heterocycles. The van der Waals surface area contributed by atoms with Gasteiger partial charge in [-0.15, -0.1) is 0 Å². The van der Waals surface area contributed by atoms with Gasteiger partial charge in [-0.05, 0) is 19.3 Å². The molecule has 13 heteroatoms. The Bertz CT molecular complexity index is 1080. The molecule has 6 N–H and O–H groups in total. The van der Waals surface area contributed by atoms with Gasteiger partial charge in [-0.2, -0.15) is 8.42 Å². The van der Waals surface area contributed by atoms with Crippen LogP contribution in [0.3, 0.4) is 0 Å². The number of nitrogens with one attached hydrogen (secondary N) is 1. The van der Waals surface area contributed by atoms with Gasteiger partial charge in [-0.3, -0.25) is 9.35 Å². The SMILES string of the molecule is CCCCCCCCCCCCCCC/C=C/C(O)C(COC1OC(CO)C(O)C(OS(=O)(=O)O)C1O)NC(=O)CCCCCCCCCCCCCCCCC. The molecule has 0 bridgehead atoms. The molecule has 7 unspecified atom stereocenters. The molecule has 1 fully saturated rings. The van der Waals surface area contributed by atoms with Crippen molar-refractivity contribution < 1.29 is 51.8 Å². The van der Waals surface area contributed by atoms with E-state index in [1.165, 1.54) is 141 Å². The van der Waals surface area contributed by atoms with Crippen LogP contribution in [0.2, 0.25) is 0 Å². The maximum absolute atomic E-state index is 13.0. The third-order valence-corrected chi connectivity index (χ3v) is 11.5. The van der Waals surface area contributed by atoms with Crippen molar-refractivity contribution >= 4 is 16.3 Å². The lowest BCUT2D eigenvalue weighted by atomic mass is 9.99. The van der Waals surface area contributed by atoms with Gasteiger partial charge in [0.1, 0.15) is 24.4 Å². The van der Waals surface area contributed by atoms with E-state index in [-0.39, 0.29) is 18.9 Å². The van der Waals surface area contributed by atoms with Gasteiger partial charge in [0.25, 0.3) is 0 Å². The molecule has 0 saturated carbocycles. The van der Waals surface area contributed by atoms with Gasteiger partial charge in [0.2, 0.25) is 5.91 Å². The summed E-state index contributed by atoms with van der Waals surface area (Å²) in [6, 6.07) is -0.937. The van der Waals surface area contributed by atoms with Gasteiger partial charge in [0.05, 0.1) is 25.4 Å². The molecule has 0 radical (unpaired) electrons. The normalized spacial score (nSPS) is 21.3. The van der Waals surface area contributed by atoms with E-state index in [4.69, 9.17) is 9.47 Å². The Morgan fingerprint density at radius 3 is 1.53 bits per heavy atom. The lowest BCUT2D eigenvalue weighted by Crippen LogP contribution is -2.61. The Morgan fingerprint density at radius 1 is 0.684 bits per heavy atom. The number of hydrogen-bond acceptors (Lipinski definition) is 10. The molecule has 1 aliphatic heterocycles. The lowest BCUT2D eigenvalue weighted by Gasteiger charge is -2.41. The first kappa shape index (κ1) is 53.9. The molecular weight excluding hydrogens is 751 g/mol. The number of carbonyl (C=O) groups excluding carboxylic acids is 1. The van der Waals surface area contributed by atoms with Crippen molar-refractivity contribution in [1.82, 2.24) is 5.32 Å². The smallest absolute Gasteiger partial charge is 0.394 e. The number of unbranched alkanes of at least 4 members (excludes halogenated alkanes) is 27. The number of rotatable bonds is 39. The molecule has 1 rings (SSSR count). The summed E-state index contributed by atoms with van der Waals surface area (Å²) in [5.74, 6) is -0.261. The summed E-state index contributed by atoms with van der Waals surface area (Å²) in [6.07, 6.45) is 29.6. The van der Waals surface area contributed by atoms with Crippen molar-refractivity contribution in [2.75, 3.05) is 13.2 Å². The predicted octanol–water partition coefficient (Wildman–Crippen LogP) is 8.77. The highest BCUT2D eigenvalue weighted by atomic mass is 32.3. The van der Waals surface area contributed by atoms with Crippen molar-refractivity contribution in [3.63, 3.8) is 0 Å². The van der Waals surface area contributed by atoms with Crippen LogP contribution in [0.15, 0.2) is 12.2 Å². The fraction of sp³-hybridized carbons (Fsp3) is 0.932. The van der Waals surface area contributed by atoms with Crippen molar-refractivity contribution in [3.05, 3.63) is 12.2 Å². The van der Waals surface area contributed by atoms with E-state index >= 15 is 0 Å². The van der Waals surface area contributed by atoms with Crippen molar-refractivity contribution in [3.8, 4) is 0 Å². The van der Waals surface area contributed by atoms with Crippen LogP contribution in [0.5, 0.6) is 0 Å². The van der Waals surface area contributed by atoms with Gasteiger partial charge in [-0.25, -0.2) is 4.18 Å². The van der Waals surface area contributed by atoms with E-state index in [0.29, 0.717) is 6.42 Å². The Balaban J connectivity index is 2.53. The zero-order valence-electron chi connectivity index (χ0n) is 35.9. The number of allylic oxidation sites excluding steroid dienone is 1. The predicted molar refractivity (Wildman–Crippen MR) is 227 cm³/mol. The topological polar surface area (TPSA) is 192 Å². The van der Waals surface area contributed by atoms with Gasteiger partial charge in [0.15, 0.2) is 6.29 Å². The zero-order valence-corrected chi connectivity index (χ0v) is 36.7. The van der Waals surface area contributed by atoms with Crippen molar-refractivity contribution in [2.45, 2.75) is 249 Å². The van der Waals surface area contributed by atoms with Crippen molar-refractivity contribution in [2.24, 2.45) is 0 Å². The molecular formula is C44H85NO11S. The van der Waals surface area contributed by atoms with Gasteiger partial charge < -0.3 is 35.2 Å². The van der Waals surface area contributed by atoms with E-state index in [1.54, 1.807) is 6.08 Å². The minimum atomic E-state index is -5.08. The summed E-state index contributed by atoms with van der Waals surface area (Å²) < 4.78 is 47.6. The summed E-state index contributed by atoms with van der Waals surface area (Å²) in [4.78, 5) is 13.0. The van der Waals surface area contributed by atoms with Crippen LogP contribution < -0.4 is 5.32 Å². The summed E-state index contributed by atoms with van der Waals surface area (Å²) >= 11 is 0. The molecule has 1 aliphatic rings. The highest BCUT2D eigenvalue weighted by molar-refractivity contribution is 7.80. The molecule has 12 nitrogen and oxygen atoms in total. The van der Waals surface area contributed by atoms with Crippen molar-refractivity contribution in [1.29, 1.82) is 0 Å². The number of aliphatic hydroxyl groups excluding tert-OH is 4. The summed E-state index contributed by atoms with van der Waals surface area (Å²) in [5.41, 5.74) is 0. The summed E-state index contributed by atoms with van der Waals surface area (Å²) in [7, 11) is -5.08. The zero-order chi connectivity index (χ0) is 42.0. The van der Waals surface area contributed by atoms with Gasteiger partial charge >= 0.3 is 10.4 Å². The van der Waals surface area contributed by atoms with Gasteiger partial charge in [-0.1, -0.05) is 193 Å². The number of amides is 1. The van der Waals surface area contributed by atoms with Crippen LogP contribution in [0.1, 0.15) is 206 Å². The molecule has 1 amide bonds. The molecule has 0 aliphatic carbocycles. The lowest BCUT2D eigenvalue weighted by molar-refractivity contribution is -0.298. The third kappa shape index (κ3) is 28.9. The van der Waals surface area contributed by atoms with Crippen LogP contribution in [-0.2, 0) is 28.9 Å². The van der Waals surface area contributed by atoms with E-state index in [0.717, 1.165) is 38.5 Å². The van der Waals surface area contributed by atoms with E-state index in [2.05, 4.69) is 23.3 Å². The van der Waals surface area contributed by atoms with Gasteiger partial charge in [0, 0.05) is 6.42 Å². The Morgan fingerprint density at radius 2 is 1.11 bits per heavy atom. The first-order valence-electron chi connectivity index (χ1n) is 23.1. The van der Waals surface area contributed by atoms with Crippen LogP contribution in [0.25, 0.3) is 0 Å². The monoisotopic (exact) mass is 836 g/mol. The Kier molecular flexibility index (Phi) is 33.6. The maximum atomic E-state index is 13.0. The second-order valence-electron chi connectivity index (χ2n) is 16.4. The van der Waals surface area contributed by atoms with E-state index in [9.17, 15) is 38.2 Å². The highest BCUT2D eigenvalue weighted by Crippen LogP contribution is 2.26.